The van der Waals surface area contributed by atoms with Crippen molar-refractivity contribution in [3.63, 3.8) is 0 Å². The molecule has 8 heteroatoms. The van der Waals surface area contributed by atoms with Gasteiger partial charge in [0.1, 0.15) is 6.61 Å². The lowest BCUT2D eigenvalue weighted by Crippen LogP contribution is -2.49. The molecular formula is C19H33IN4O2S. The van der Waals surface area contributed by atoms with Crippen molar-refractivity contribution in [2.24, 2.45) is 10.9 Å². The largest absolute Gasteiger partial charge is 0.475 e. The minimum Gasteiger partial charge on any atom is -0.475 e. The maximum atomic E-state index is 5.50. The Bertz CT molecular complexity index is 557. The number of aliphatic imine (C=N–C) groups is 1. The van der Waals surface area contributed by atoms with Crippen LogP contribution in [0.15, 0.2) is 23.3 Å². The molecule has 1 aliphatic heterocycles. The zero-order valence-corrected chi connectivity index (χ0v) is 20.0. The van der Waals surface area contributed by atoms with Crippen LogP contribution in [0.1, 0.15) is 26.3 Å². The predicted molar refractivity (Wildman–Crippen MR) is 124 cm³/mol. The van der Waals surface area contributed by atoms with E-state index >= 15 is 0 Å². The number of thioether (sulfide) groups is 1. The zero-order chi connectivity index (χ0) is 18.8. The number of nitrogens with one attached hydrogen (secondary N) is 1. The highest BCUT2D eigenvalue weighted by Crippen LogP contribution is 2.25. The number of rotatable bonds is 8. The topological polar surface area (TPSA) is 59.0 Å². The van der Waals surface area contributed by atoms with Gasteiger partial charge in [-0.05, 0) is 18.4 Å². The molecule has 0 amide bonds. The fraction of sp³-hybridized carbons (Fsp3) is 0.684. The Kier molecular flexibility index (Phi) is 12.1. The normalized spacial score (nSPS) is 17.6. The quantitative estimate of drug-likeness (QED) is 0.252. The highest BCUT2D eigenvalue weighted by atomic mass is 127. The maximum Gasteiger partial charge on any atom is 0.213 e. The highest BCUT2D eigenvalue weighted by molar-refractivity contribution is 14.0. The SMILES string of the molecule is CCNC(=NCc1ccc(OCCOC)nc1)N1CCSC(C(C)C)C1.I. The molecule has 2 rings (SSSR count). The highest BCUT2D eigenvalue weighted by Gasteiger charge is 2.24. The van der Waals surface area contributed by atoms with Crippen LogP contribution in [0.5, 0.6) is 5.88 Å². The number of ether oxygens (including phenoxy) is 2. The standard InChI is InChI=1S/C19H32N4O2S.HI/c1-5-20-19(23-8-11-26-17(14-23)15(2)3)22-13-16-6-7-18(21-12-16)25-10-9-24-4;/h6-7,12,15,17H,5,8-11,13-14H2,1-4H3,(H,20,22);1H. The first-order valence-electron chi connectivity index (χ1n) is 9.35. The second-order valence-corrected chi connectivity index (χ2v) is 7.96. The Morgan fingerprint density at radius 2 is 2.22 bits per heavy atom. The van der Waals surface area contributed by atoms with Gasteiger partial charge >= 0.3 is 0 Å². The van der Waals surface area contributed by atoms with E-state index < -0.39 is 0 Å². The third kappa shape index (κ3) is 8.43. The van der Waals surface area contributed by atoms with Gasteiger partial charge in [-0.2, -0.15) is 11.8 Å². The lowest BCUT2D eigenvalue weighted by Gasteiger charge is -2.36. The molecule has 2 heterocycles. The molecule has 1 fully saturated rings. The summed E-state index contributed by atoms with van der Waals surface area (Å²) in [5.74, 6) is 3.46. The van der Waals surface area contributed by atoms with Crippen LogP contribution in [0, 0.1) is 5.92 Å². The molecule has 1 N–H and O–H groups in total. The first kappa shape index (κ1) is 24.3. The minimum atomic E-state index is 0. The first-order valence-corrected chi connectivity index (χ1v) is 10.4. The van der Waals surface area contributed by atoms with Crippen molar-refractivity contribution in [2.45, 2.75) is 32.6 Å². The minimum absolute atomic E-state index is 0. The van der Waals surface area contributed by atoms with Crippen molar-refractivity contribution in [1.29, 1.82) is 0 Å². The number of methoxy groups -OCH3 is 1. The predicted octanol–water partition coefficient (Wildman–Crippen LogP) is 3.26. The zero-order valence-electron chi connectivity index (χ0n) is 16.8. The molecule has 1 aromatic heterocycles. The van der Waals surface area contributed by atoms with E-state index in [1.807, 2.05) is 18.3 Å². The molecule has 6 nitrogen and oxygen atoms in total. The van der Waals surface area contributed by atoms with Crippen molar-refractivity contribution in [3.05, 3.63) is 23.9 Å². The number of aromatic nitrogens is 1. The van der Waals surface area contributed by atoms with Gasteiger partial charge < -0.3 is 19.7 Å². The molecule has 0 spiro atoms. The van der Waals surface area contributed by atoms with Crippen LogP contribution in [0.25, 0.3) is 0 Å². The molecule has 0 radical (unpaired) electrons. The molecule has 0 aromatic carbocycles. The fourth-order valence-corrected chi connectivity index (χ4v) is 3.98. The molecular weight excluding hydrogens is 475 g/mol. The Morgan fingerprint density at radius 3 is 2.85 bits per heavy atom. The summed E-state index contributed by atoms with van der Waals surface area (Å²) < 4.78 is 10.5. The second kappa shape index (κ2) is 13.4. The van der Waals surface area contributed by atoms with E-state index in [1.165, 1.54) is 0 Å². The molecule has 0 aliphatic carbocycles. The summed E-state index contributed by atoms with van der Waals surface area (Å²) in [5.41, 5.74) is 1.08. The van der Waals surface area contributed by atoms with Crippen LogP contribution in [-0.4, -0.2) is 66.8 Å². The number of hydrogen-bond acceptors (Lipinski definition) is 5. The summed E-state index contributed by atoms with van der Waals surface area (Å²) in [7, 11) is 1.66. The smallest absolute Gasteiger partial charge is 0.213 e. The van der Waals surface area contributed by atoms with Gasteiger partial charge in [-0.15, -0.1) is 24.0 Å². The van der Waals surface area contributed by atoms with Crippen LogP contribution in [0.3, 0.4) is 0 Å². The van der Waals surface area contributed by atoms with E-state index in [0.29, 0.717) is 36.8 Å². The molecule has 27 heavy (non-hydrogen) atoms. The summed E-state index contributed by atoms with van der Waals surface area (Å²) in [6.45, 7) is 11.4. The van der Waals surface area contributed by atoms with Crippen molar-refractivity contribution in [3.8, 4) is 5.88 Å². The summed E-state index contributed by atoms with van der Waals surface area (Å²) in [4.78, 5) is 11.6. The summed E-state index contributed by atoms with van der Waals surface area (Å²) in [6, 6.07) is 3.91. The van der Waals surface area contributed by atoms with E-state index in [-0.39, 0.29) is 24.0 Å². The fourth-order valence-electron chi connectivity index (χ4n) is 2.68. The van der Waals surface area contributed by atoms with Crippen molar-refractivity contribution < 1.29 is 9.47 Å². The Morgan fingerprint density at radius 1 is 1.41 bits per heavy atom. The lowest BCUT2D eigenvalue weighted by molar-refractivity contribution is 0.143. The molecule has 1 saturated heterocycles. The van der Waals surface area contributed by atoms with Crippen LogP contribution >= 0.6 is 35.7 Å². The molecule has 154 valence electrons. The first-order chi connectivity index (χ1) is 12.6. The second-order valence-electron chi connectivity index (χ2n) is 6.62. The van der Waals surface area contributed by atoms with Crippen molar-refractivity contribution in [1.82, 2.24) is 15.2 Å². The molecule has 1 atom stereocenters. The van der Waals surface area contributed by atoms with Gasteiger partial charge in [-0.25, -0.2) is 9.98 Å². The Labute approximate surface area is 184 Å². The third-order valence-electron chi connectivity index (χ3n) is 4.22. The van der Waals surface area contributed by atoms with Gasteiger partial charge in [-0.1, -0.05) is 19.9 Å². The third-order valence-corrected chi connectivity index (χ3v) is 5.76. The van der Waals surface area contributed by atoms with Gasteiger partial charge in [0.25, 0.3) is 0 Å². The van der Waals surface area contributed by atoms with E-state index in [2.05, 4.69) is 47.7 Å². The number of halogens is 1. The summed E-state index contributed by atoms with van der Waals surface area (Å²) in [6.07, 6.45) is 1.83. The van der Waals surface area contributed by atoms with Crippen LogP contribution in [0.4, 0.5) is 0 Å². The number of guanidine groups is 1. The lowest BCUT2D eigenvalue weighted by atomic mass is 10.1. The monoisotopic (exact) mass is 508 g/mol. The molecule has 1 unspecified atom stereocenters. The maximum absolute atomic E-state index is 5.50. The van der Waals surface area contributed by atoms with Crippen LogP contribution in [-0.2, 0) is 11.3 Å². The number of hydrogen-bond donors (Lipinski definition) is 1. The van der Waals surface area contributed by atoms with Crippen LogP contribution in [0.2, 0.25) is 0 Å². The van der Waals surface area contributed by atoms with Gasteiger partial charge in [0.05, 0.1) is 13.2 Å². The van der Waals surface area contributed by atoms with E-state index in [4.69, 9.17) is 14.5 Å². The van der Waals surface area contributed by atoms with Crippen LogP contribution < -0.4 is 10.1 Å². The van der Waals surface area contributed by atoms with Gasteiger partial charge in [0.15, 0.2) is 5.96 Å². The van der Waals surface area contributed by atoms with Crippen molar-refractivity contribution in [2.75, 3.05) is 45.7 Å². The Hall–Kier alpha value is -0.740. The average Bonchev–Trinajstić information content (AvgIpc) is 2.66. The molecule has 0 bridgehead atoms. The van der Waals surface area contributed by atoms with E-state index in [1.54, 1.807) is 7.11 Å². The summed E-state index contributed by atoms with van der Waals surface area (Å²) in [5, 5.41) is 4.10. The van der Waals surface area contributed by atoms with Gasteiger partial charge in [0.2, 0.25) is 5.88 Å². The van der Waals surface area contributed by atoms with Gasteiger partial charge in [-0.3, -0.25) is 0 Å². The van der Waals surface area contributed by atoms with E-state index in [9.17, 15) is 0 Å². The summed E-state index contributed by atoms with van der Waals surface area (Å²) >= 11 is 2.08. The van der Waals surface area contributed by atoms with Gasteiger partial charge in [0, 0.05) is 50.0 Å². The molecule has 1 aliphatic rings. The molecule has 1 aromatic rings. The van der Waals surface area contributed by atoms with Crippen molar-refractivity contribution >= 4 is 41.7 Å². The average molecular weight is 508 g/mol. The molecule has 0 saturated carbocycles. The number of nitrogens with zero attached hydrogens (tertiary/aromatic N) is 3. The Balaban J connectivity index is 0.00000364. The number of pyridine rings is 1. The van der Waals surface area contributed by atoms with E-state index in [0.717, 1.165) is 36.9 Å².